The van der Waals surface area contributed by atoms with Crippen LogP contribution in [0.25, 0.3) is 0 Å². The van der Waals surface area contributed by atoms with Crippen molar-refractivity contribution in [3.05, 3.63) is 24.3 Å². The molecule has 1 aliphatic rings. The molecule has 0 saturated carbocycles. The van der Waals surface area contributed by atoms with Crippen LogP contribution < -0.4 is 14.8 Å². The van der Waals surface area contributed by atoms with Crippen LogP contribution in [0.2, 0.25) is 0 Å². The minimum atomic E-state index is -3.20. The van der Waals surface area contributed by atoms with E-state index < -0.39 is 10.0 Å². The number of hydrogen-bond donors (Lipinski definition) is 2. The van der Waals surface area contributed by atoms with Crippen LogP contribution in [0, 0.1) is 5.92 Å². The van der Waals surface area contributed by atoms with Gasteiger partial charge in [-0.05, 0) is 43.0 Å². The van der Waals surface area contributed by atoms with Crippen LogP contribution in [0.15, 0.2) is 24.3 Å². The number of nitrogens with one attached hydrogen (secondary N) is 2. The Labute approximate surface area is 137 Å². The van der Waals surface area contributed by atoms with Gasteiger partial charge in [-0.1, -0.05) is 0 Å². The second-order valence-corrected chi connectivity index (χ2v) is 7.57. The first-order valence-corrected chi connectivity index (χ1v) is 9.41. The molecular weight excluding hydrogens is 318 g/mol. The van der Waals surface area contributed by atoms with E-state index in [1.165, 1.54) is 0 Å². The molecule has 1 atom stereocenters. The van der Waals surface area contributed by atoms with E-state index in [0.29, 0.717) is 25.3 Å². The molecule has 2 N–H and O–H groups in total. The van der Waals surface area contributed by atoms with Gasteiger partial charge in [0.05, 0.1) is 13.4 Å². The summed E-state index contributed by atoms with van der Waals surface area (Å²) in [6.45, 7) is 1.59. The molecular formula is C15H23N3O4S. The zero-order chi connectivity index (χ0) is 16.9. The monoisotopic (exact) mass is 341 g/mol. The number of likely N-dealkylation sites (tertiary alicyclic amines) is 1. The van der Waals surface area contributed by atoms with Gasteiger partial charge in [-0.15, -0.1) is 0 Å². The standard InChI is InChI=1S/C15H23N3O4S/c1-22-14-7-5-13(6-8-14)17-15(19)18-9-3-4-12(11-18)10-16-23(2,20)21/h5-8,12,16H,3-4,9-11H2,1-2H3,(H,17,19)/t12-/m1/s1. The average molecular weight is 341 g/mol. The molecule has 23 heavy (non-hydrogen) atoms. The SMILES string of the molecule is COc1ccc(NC(=O)N2CCC[C@H](CNS(C)(=O)=O)C2)cc1. The highest BCUT2D eigenvalue weighted by Gasteiger charge is 2.24. The van der Waals surface area contributed by atoms with Gasteiger partial charge in [-0.3, -0.25) is 0 Å². The lowest BCUT2D eigenvalue weighted by Gasteiger charge is -2.32. The highest BCUT2D eigenvalue weighted by Crippen LogP contribution is 2.19. The first kappa shape index (κ1) is 17.6. The molecule has 1 saturated heterocycles. The minimum absolute atomic E-state index is 0.139. The molecule has 2 rings (SSSR count). The van der Waals surface area contributed by atoms with E-state index in [0.717, 1.165) is 24.8 Å². The molecule has 0 spiro atoms. The number of urea groups is 1. The summed E-state index contributed by atoms with van der Waals surface area (Å²) in [6.07, 6.45) is 2.92. The number of nitrogens with zero attached hydrogens (tertiary/aromatic N) is 1. The van der Waals surface area contributed by atoms with Crippen molar-refractivity contribution in [2.24, 2.45) is 5.92 Å². The number of methoxy groups -OCH3 is 1. The Morgan fingerprint density at radius 1 is 1.35 bits per heavy atom. The molecule has 0 bridgehead atoms. The molecule has 7 nitrogen and oxygen atoms in total. The first-order chi connectivity index (χ1) is 10.9. The highest BCUT2D eigenvalue weighted by molar-refractivity contribution is 7.88. The molecule has 8 heteroatoms. The fourth-order valence-corrected chi connectivity index (χ4v) is 3.10. The van der Waals surface area contributed by atoms with Crippen molar-refractivity contribution < 1.29 is 17.9 Å². The van der Waals surface area contributed by atoms with Crippen LogP contribution in [0.3, 0.4) is 0 Å². The van der Waals surface area contributed by atoms with Gasteiger partial charge < -0.3 is 15.0 Å². The highest BCUT2D eigenvalue weighted by atomic mass is 32.2. The van der Waals surface area contributed by atoms with Crippen LogP contribution >= 0.6 is 0 Å². The summed E-state index contributed by atoms with van der Waals surface area (Å²) in [7, 11) is -1.61. The van der Waals surface area contributed by atoms with Crippen LogP contribution in [-0.2, 0) is 10.0 Å². The third kappa shape index (κ3) is 5.72. The third-order valence-corrected chi connectivity index (χ3v) is 4.47. The Balaban J connectivity index is 1.88. The van der Waals surface area contributed by atoms with Crippen molar-refractivity contribution >= 4 is 21.7 Å². The van der Waals surface area contributed by atoms with E-state index in [4.69, 9.17) is 4.74 Å². The smallest absolute Gasteiger partial charge is 0.321 e. The van der Waals surface area contributed by atoms with E-state index in [-0.39, 0.29) is 11.9 Å². The van der Waals surface area contributed by atoms with Crippen molar-refractivity contribution in [1.29, 1.82) is 0 Å². The second-order valence-electron chi connectivity index (χ2n) is 5.73. The molecule has 0 aromatic heterocycles. The molecule has 1 aromatic rings. The number of piperidine rings is 1. The number of rotatable bonds is 5. The van der Waals surface area contributed by atoms with E-state index in [1.54, 1.807) is 36.3 Å². The molecule has 1 heterocycles. The van der Waals surface area contributed by atoms with Crippen LogP contribution in [0.4, 0.5) is 10.5 Å². The minimum Gasteiger partial charge on any atom is -0.497 e. The Kier molecular flexibility index (Phi) is 5.84. The van der Waals surface area contributed by atoms with E-state index >= 15 is 0 Å². The average Bonchev–Trinajstić information content (AvgIpc) is 2.53. The Morgan fingerprint density at radius 3 is 2.65 bits per heavy atom. The number of amides is 2. The zero-order valence-electron chi connectivity index (χ0n) is 13.4. The van der Waals surface area contributed by atoms with Crippen molar-refractivity contribution in [2.45, 2.75) is 12.8 Å². The van der Waals surface area contributed by atoms with Gasteiger partial charge in [0.15, 0.2) is 0 Å². The number of anilines is 1. The Hall–Kier alpha value is -1.80. The molecule has 1 fully saturated rings. The molecule has 1 aliphatic heterocycles. The summed E-state index contributed by atoms with van der Waals surface area (Å²) in [6, 6.07) is 6.96. The van der Waals surface area contributed by atoms with Gasteiger partial charge in [-0.2, -0.15) is 0 Å². The van der Waals surface area contributed by atoms with Crippen LogP contribution in [0.5, 0.6) is 5.75 Å². The lowest BCUT2D eigenvalue weighted by Crippen LogP contribution is -2.45. The largest absolute Gasteiger partial charge is 0.497 e. The summed E-state index contributed by atoms with van der Waals surface area (Å²) >= 11 is 0. The number of hydrogen-bond acceptors (Lipinski definition) is 4. The maximum atomic E-state index is 12.3. The summed E-state index contributed by atoms with van der Waals surface area (Å²) in [4.78, 5) is 14.0. The quantitative estimate of drug-likeness (QED) is 0.849. The molecule has 1 aromatic carbocycles. The number of sulfonamides is 1. The molecule has 0 aliphatic carbocycles. The summed E-state index contributed by atoms with van der Waals surface area (Å²) in [5, 5.41) is 2.85. The van der Waals surface area contributed by atoms with E-state index in [1.807, 2.05) is 0 Å². The van der Waals surface area contributed by atoms with Gasteiger partial charge in [0.25, 0.3) is 0 Å². The van der Waals surface area contributed by atoms with E-state index in [9.17, 15) is 13.2 Å². The fourth-order valence-electron chi connectivity index (χ4n) is 2.56. The first-order valence-electron chi connectivity index (χ1n) is 7.52. The predicted molar refractivity (Wildman–Crippen MR) is 89.2 cm³/mol. The van der Waals surface area contributed by atoms with Crippen LogP contribution in [-0.4, -0.2) is 52.3 Å². The number of benzene rings is 1. The molecule has 128 valence electrons. The maximum absolute atomic E-state index is 12.3. The molecule has 2 amide bonds. The summed E-state index contributed by atoms with van der Waals surface area (Å²) in [5.74, 6) is 0.868. The fraction of sp³-hybridized carbons (Fsp3) is 0.533. The topological polar surface area (TPSA) is 87.7 Å². The summed E-state index contributed by atoms with van der Waals surface area (Å²) in [5.41, 5.74) is 0.701. The normalized spacial score (nSPS) is 18.5. The zero-order valence-corrected chi connectivity index (χ0v) is 14.2. The second kappa shape index (κ2) is 7.65. The maximum Gasteiger partial charge on any atom is 0.321 e. The number of carbonyl (C=O) groups is 1. The Bertz CT molecular complexity index is 631. The van der Waals surface area contributed by atoms with Crippen molar-refractivity contribution in [1.82, 2.24) is 9.62 Å². The van der Waals surface area contributed by atoms with Gasteiger partial charge >= 0.3 is 6.03 Å². The van der Waals surface area contributed by atoms with Crippen molar-refractivity contribution in [3.63, 3.8) is 0 Å². The van der Waals surface area contributed by atoms with Gasteiger partial charge in [0.1, 0.15) is 5.75 Å². The predicted octanol–water partition coefficient (Wildman–Crippen LogP) is 1.49. The van der Waals surface area contributed by atoms with Gasteiger partial charge in [-0.25, -0.2) is 17.9 Å². The number of ether oxygens (including phenoxy) is 1. The van der Waals surface area contributed by atoms with Gasteiger partial charge in [0.2, 0.25) is 10.0 Å². The lowest BCUT2D eigenvalue weighted by molar-refractivity contribution is 0.178. The van der Waals surface area contributed by atoms with Crippen molar-refractivity contribution in [3.8, 4) is 5.75 Å². The Morgan fingerprint density at radius 2 is 2.04 bits per heavy atom. The molecule has 0 radical (unpaired) electrons. The number of carbonyl (C=O) groups excluding carboxylic acids is 1. The van der Waals surface area contributed by atoms with Crippen LogP contribution in [0.1, 0.15) is 12.8 Å². The molecule has 0 unspecified atom stereocenters. The van der Waals surface area contributed by atoms with Crippen molar-refractivity contribution in [2.75, 3.05) is 38.3 Å². The third-order valence-electron chi connectivity index (χ3n) is 3.78. The van der Waals surface area contributed by atoms with E-state index in [2.05, 4.69) is 10.0 Å². The lowest BCUT2D eigenvalue weighted by atomic mass is 9.99. The van der Waals surface area contributed by atoms with Gasteiger partial charge in [0, 0.05) is 25.3 Å². The summed E-state index contributed by atoms with van der Waals surface area (Å²) < 4.78 is 29.9.